The topological polar surface area (TPSA) is 69.6 Å². The van der Waals surface area contributed by atoms with E-state index in [9.17, 15) is 9.59 Å². The van der Waals surface area contributed by atoms with E-state index in [1.165, 1.54) is 4.90 Å². The van der Waals surface area contributed by atoms with Gasteiger partial charge in [-0.25, -0.2) is 9.59 Å². The fourth-order valence-corrected chi connectivity index (χ4v) is 2.02. The van der Waals surface area contributed by atoms with Crippen LogP contribution in [0.3, 0.4) is 0 Å². The molecule has 16 heavy (non-hydrogen) atoms. The van der Waals surface area contributed by atoms with Gasteiger partial charge < -0.3 is 15.3 Å². The zero-order valence-corrected chi connectivity index (χ0v) is 9.90. The molecule has 1 heterocycles. The van der Waals surface area contributed by atoms with Crippen LogP contribution >= 0.6 is 0 Å². The first kappa shape index (κ1) is 12.8. The number of nitrogens with zero attached hydrogens (tertiary/aromatic N) is 1. The van der Waals surface area contributed by atoms with E-state index in [0.29, 0.717) is 13.0 Å². The largest absolute Gasteiger partial charge is 0.480 e. The molecule has 5 nitrogen and oxygen atoms in total. The molecule has 92 valence electrons. The predicted molar refractivity (Wildman–Crippen MR) is 60.3 cm³/mol. The predicted octanol–water partition coefficient (Wildman–Crippen LogP) is 1.43. The number of carbonyl (C=O) groups excluding carboxylic acids is 1. The molecule has 0 aliphatic carbocycles. The smallest absolute Gasteiger partial charge is 0.326 e. The molecule has 1 fully saturated rings. The minimum atomic E-state index is -0.905. The molecule has 0 spiro atoms. The highest BCUT2D eigenvalue weighted by molar-refractivity contribution is 5.83. The molecule has 0 bridgehead atoms. The Morgan fingerprint density at radius 2 is 2.06 bits per heavy atom. The Morgan fingerprint density at radius 1 is 1.44 bits per heavy atom. The molecular weight excluding hydrogens is 208 g/mol. The number of hydrogen-bond donors (Lipinski definition) is 2. The number of aliphatic carboxylic acids is 1. The van der Waals surface area contributed by atoms with Gasteiger partial charge in [0.2, 0.25) is 0 Å². The summed E-state index contributed by atoms with van der Waals surface area (Å²) >= 11 is 0. The fourth-order valence-electron chi connectivity index (χ4n) is 2.02. The van der Waals surface area contributed by atoms with E-state index >= 15 is 0 Å². The lowest BCUT2D eigenvalue weighted by Gasteiger charge is -2.24. The number of likely N-dealkylation sites (tertiary alicyclic amines) is 1. The average Bonchev–Trinajstić information content (AvgIpc) is 2.74. The van der Waals surface area contributed by atoms with Gasteiger partial charge in [0, 0.05) is 12.6 Å². The van der Waals surface area contributed by atoms with Crippen LogP contribution in [0.15, 0.2) is 0 Å². The van der Waals surface area contributed by atoms with Crippen molar-refractivity contribution in [3.05, 3.63) is 0 Å². The molecule has 0 radical (unpaired) electrons. The first-order chi connectivity index (χ1) is 7.60. The van der Waals surface area contributed by atoms with Crippen molar-refractivity contribution in [3.8, 4) is 0 Å². The number of rotatable bonds is 4. The lowest BCUT2D eigenvalue weighted by atomic mass is 10.2. The van der Waals surface area contributed by atoms with E-state index in [2.05, 4.69) is 5.32 Å². The number of amides is 2. The van der Waals surface area contributed by atoms with Gasteiger partial charge in [0.15, 0.2) is 0 Å². The SMILES string of the molecule is CCC(CC)NC(=O)N1CCCC1C(=O)O. The van der Waals surface area contributed by atoms with Crippen molar-refractivity contribution in [2.75, 3.05) is 6.54 Å². The second kappa shape index (κ2) is 5.72. The Kier molecular flexibility index (Phi) is 4.58. The van der Waals surface area contributed by atoms with Gasteiger partial charge in [-0.15, -0.1) is 0 Å². The van der Waals surface area contributed by atoms with E-state index in [0.717, 1.165) is 19.3 Å². The van der Waals surface area contributed by atoms with Gasteiger partial charge in [0.25, 0.3) is 0 Å². The number of carbonyl (C=O) groups is 2. The van der Waals surface area contributed by atoms with Crippen LogP contribution < -0.4 is 5.32 Å². The highest BCUT2D eigenvalue weighted by atomic mass is 16.4. The van der Waals surface area contributed by atoms with Crippen molar-refractivity contribution in [1.29, 1.82) is 0 Å². The van der Waals surface area contributed by atoms with Crippen LogP contribution in [-0.2, 0) is 4.79 Å². The van der Waals surface area contributed by atoms with Gasteiger partial charge in [-0.3, -0.25) is 0 Å². The standard InChI is InChI=1S/C11H20N2O3/c1-3-8(4-2)12-11(16)13-7-5-6-9(13)10(14)15/h8-9H,3-7H2,1-2H3,(H,12,16)(H,14,15). The van der Waals surface area contributed by atoms with E-state index in [4.69, 9.17) is 5.11 Å². The zero-order valence-electron chi connectivity index (χ0n) is 9.90. The Labute approximate surface area is 95.8 Å². The number of hydrogen-bond acceptors (Lipinski definition) is 2. The van der Waals surface area contributed by atoms with Gasteiger partial charge in [0.1, 0.15) is 6.04 Å². The molecule has 2 N–H and O–H groups in total. The summed E-state index contributed by atoms with van der Waals surface area (Å²) in [4.78, 5) is 24.2. The van der Waals surface area contributed by atoms with Crippen LogP contribution in [0.2, 0.25) is 0 Å². The maximum Gasteiger partial charge on any atom is 0.326 e. The Morgan fingerprint density at radius 3 is 2.56 bits per heavy atom. The molecule has 1 saturated heterocycles. The monoisotopic (exact) mass is 228 g/mol. The Bertz CT molecular complexity index is 264. The van der Waals surface area contributed by atoms with E-state index in [-0.39, 0.29) is 12.1 Å². The number of carboxylic acid groups (broad SMARTS) is 1. The third-order valence-electron chi connectivity index (χ3n) is 3.11. The molecule has 0 aromatic heterocycles. The van der Waals surface area contributed by atoms with Crippen molar-refractivity contribution >= 4 is 12.0 Å². The van der Waals surface area contributed by atoms with Crippen LogP contribution in [0, 0.1) is 0 Å². The maximum atomic E-state index is 11.8. The van der Waals surface area contributed by atoms with Gasteiger partial charge >= 0.3 is 12.0 Å². The molecule has 2 amide bonds. The molecule has 0 aromatic rings. The molecule has 1 unspecified atom stereocenters. The normalized spacial score (nSPS) is 20.2. The van der Waals surface area contributed by atoms with Gasteiger partial charge in [-0.1, -0.05) is 13.8 Å². The summed E-state index contributed by atoms with van der Waals surface area (Å²) in [6, 6.07) is -0.740. The molecule has 1 atom stereocenters. The minimum Gasteiger partial charge on any atom is -0.480 e. The Hall–Kier alpha value is -1.26. The molecule has 5 heteroatoms. The molecule has 1 aliphatic rings. The first-order valence-electron chi connectivity index (χ1n) is 5.90. The highest BCUT2D eigenvalue weighted by Gasteiger charge is 2.34. The van der Waals surface area contributed by atoms with Crippen molar-refractivity contribution in [3.63, 3.8) is 0 Å². The van der Waals surface area contributed by atoms with Crippen molar-refractivity contribution < 1.29 is 14.7 Å². The third kappa shape index (κ3) is 2.87. The van der Waals surface area contributed by atoms with Crippen LogP contribution in [0.4, 0.5) is 4.79 Å². The molecular formula is C11H20N2O3. The van der Waals surface area contributed by atoms with E-state index < -0.39 is 12.0 Å². The van der Waals surface area contributed by atoms with Crippen LogP contribution in [0.25, 0.3) is 0 Å². The summed E-state index contributed by atoms with van der Waals surface area (Å²) in [5.41, 5.74) is 0. The van der Waals surface area contributed by atoms with Gasteiger partial charge in [0.05, 0.1) is 0 Å². The Balaban J connectivity index is 2.56. The average molecular weight is 228 g/mol. The molecule has 0 aromatic carbocycles. The summed E-state index contributed by atoms with van der Waals surface area (Å²) in [7, 11) is 0. The van der Waals surface area contributed by atoms with Crippen molar-refractivity contribution in [1.82, 2.24) is 10.2 Å². The lowest BCUT2D eigenvalue weighted by Crippen LogP contribution is -2.48. The van der Waals surface area contributed by atoms with Crippen LogP contribution in [0.1, 0.15) is 39.5 Å². The van der Waals surface area contributed by atoms with Crippen molar-refractivity contribution in [2.45, 2.75) is 51.6 Å². The number of carboxylic acids is 1. The third-order valence-corrected chi connectivity index (χ3v) is 3.11. The lowest BCUT2D eigenvalue weighted by molar-refractivity contribution is -0.141. The summed E-state index contributed by atoms with van der Waals surface area (Å²) in [6.07, 6.45) is 3.07. The highest BCUT2D eigenvalue weighted by Crippen LogP contribution is 2.17. The fraction of sp³-hybridized carbons (Fsp3) is 0.818. The van der Waals surface area contributed by atoms with Gasteiger partial charge in [-0.2, -0.15) is 0 Å². The first-order valence-corrected chi connectivity index (χ1v) is 5.90. The van der Waals surface area contributed by atoms with Gasteiger partial charge in [-0.05, 0) is 25.7 Å². The summed E-state index contributed by atoms with van der Waals surface area (Å²) in [5.74, 6) is -0.905. The molecule has 0 saturated carbocycles. The molecule has 1 rings (SSSR count). The number of nitrogens with one attached hydrogen (secondary N) is 1. The van der Waals surface area contributed by atoms with E-state index in [1.807, 2.05) is 13.8 Å². The van der Waals surface area contributed by atoms with Crippen LogP contribution in [0.5, 0.6) is 0 Å². The minimum absolute atomic E-state index is 0.141. The molecule has 1 aliphatic heterocycles. The van der Waals surface area contributed by atoms with E-state index in [1.54, 1.807) is 0 Å². The van der Waals surface area contributed by atoms with Crippen LogP contribution in [-0.4, -0.2) is 40.6 Å². The summed E-state index contributed by atoms with van der Waals surface area (Å²) < 4.78 is 0. The van der Waals surface area contributed by atoms with Crippen molar-refractivity contribution in [2.24, 2.45) is 0 Å². The summed E-state index contributed by atoms with van der Waals surface area (Å²) in [5, 5.41) is 11.8. The second-order valence-electron chi connectivity index (χ2n) is 4.15. The maximum absolute atomic E-state index is 11.8. The quantitative estimate of drug-likeness (QED) is 0.764. The summed E-state index contributed by atoms with van der Waals surface area (Å²) in [6.45, 7) is 4.56. The second-order valence-corrected chi connectivity index (χ2v) is 4.15. The zero-order chi connectivity index (χ0) is 12.1. The number of urea groups is 1.